The summed E-state index contributed by atoms with van der Waals surface area (Å²) in [5.41, 5.74) is 11.4. The molecule has 1 unspecified atom stereocenters. The van der Waals surface area contributed by atoms with Crippen LogP contribution in [-0.2, 0) is 0 Å². The second kappa shape index (κ2) is 3.77. The maximum Gasteiger partial charge on any atom is 0.147 e. The number of nitrogen functional groups attached to an aromatic ring is 1. The topological polar surface area (TPSA) is 52.0 Å². The second-order valence-electron chi connectivity index (χ2n) is 2.66. The van der Waals surface area contributed by atoms with Gasteiger partial charge in [0, 0.05) is 6.04 Å². The average molecular weight is 201 g/mol. The number of hydrogen-bond donors (Lipinski definition) is 2. The standard InChI is InChI=1S/C9H10ClFN2/c1-2-8(12)5-3-6(10)9(13)7(11)4-5/h2-4,8H,1,12-13H2. The number of hydrogen-bond acceptors (Lipinski definition) is 2. The van der Waals surface area contributed by atoms with Crippen molar-refractivity contribution in [3.8, 4) is 0 Å². The minimum absolute atomic E-state index is 0.0540. The molecule has 0 bridgehead atoms. The van der Waals surface area contributed by atoms with E-state index < -0.39 is 11.9 Å². The zero-order valence-corrected chi connectivity index (χ0v) is 7.68. The fraction of sp³-hybridized carbons (Fsp3) is 0.111. The van der Waals surface area contributed by atoms with Crippen molar-refractivity contribution in [3.05, 3.63) is 41.2 Å². The first-order chi connectivity index (χ1) is 6.06. The second-order valence-corrected chi connectivity index (χ2v) is 3.07. The van der Waals surface area contributed by atoms with Crippen LogP contribution in [0.2, 0.25) is 5.02 Å². The van der Waals surface area contributed by atoms with Gasteiger partial charge in [0.15, 0.2) is 0 Å². The lowest BCUT2D eigenvalue weighted by atomic mass is 10.1. The molecular formula is C9H10ClFN2. The van der Waals surface area contributed by atoms with Crippen LogP contribution in [0.15, 0.2) is 24.8 Å². The van der Waals surface area contributed by atoms with Gasteiger partial charge in [-0.25, -0.2) is 4.39 Å². The Labute approximate surface area is 81.0 Å². The van der Waals surface area contributed by atoms with Gasteiger partial charge in [-0.1, -0.05) is 17.7 Å². The van der Waals surface area contributed by atoms with Crippen LogP contribution in [0.25, 0.3) is 0 Å². The lowest BCUT2D eigenvalue weighted by Gasteiger charge is -2.08. The van der Waals surface area contributed by atoms with E-state index in [1.165, 1.54) is 18.2 Å². The van der Waals surface area contributed by atoms with Gasteiger partial charge in [0.2, 0.25) is 0 Å². The van der Waals surface area contributed by atoms with Crippen molar-refractivity contribution in [1.82, 2.24) is 0 Å². The predicted octanol–water partition coefficient (Wildman–Crippen LogP) is 2.25. The molecule has 0 aliphatic rings. The maximum absolute atomic E-state index is 13.0. The van der Waals surface area contributed by atoms with Gasteiger partial charge in [0.1, 0.15) is 5.82 Å². The highest BCUT2D eigenvalue weighted by atomic mass is 35.5. The molecule has 0 radical (unpaired) electrons. The molecule has 4 heteroatoms. The van der Waals surface area contributed by atoms with Crippen molar-refractivity contribution in [3.63, 3.8) is 0 Å². The molecule has 0 aliphatic heterocycles. The van der Waals surface area contributed by atoms with Gasteiger partial charge in [-0.05, 0) is 17.7 Å². The van der Waals surface area contributed by atoms with Crippen LogP contribution in [0.5, 0.6) is 0 Å². The Morgan fingerprint density at radius 1 is 1.54 bits per heavy atom. The van der Waals surface area contributed by atoms with Crippen LogP contribution in [0.4, 0.5) is 10.1 Å². The highest BCUT2D eigenvalue weighted by Gasteiger charge is 2.09. The van der Waals surface area contributed by atoms with E-state index in [9.17, 15) is 4.39 Å². The molecule has 1 aromatic carbocycles. The van der Waals surface area contributed by atoms with Crippen LogP contribution in [0, 0.1) is 5.82 Å². The Hall–Kier alpha value is -1.06. The molecule has 13 heavy (non-hydrogen) atoms. The predicted molar refractivity (Wildman–Crippen MR) is 52.9 cm³/mol. The molecule has 0 aromatic heterocycles. The monoisotopic (exact) mass is 200 g/mol. The highest BCUT2D eigenvalue weighted by molar-refractivity contribution is 6.33. The van der Waals surface area contributed by atoms with Gasteiger partial charge in [0.05, 0.1) is 10.7 Å². The van der Waals surface area contributed by atoms with E-state index >= 15 is 0 Å². The van der Waals surface area contributed by atoms with E-state index in [1.54, 1.807) is 0 Å². The first-order valence-electron chi connectivity index (χ1n) is 3.68. The third-order valence-electron chi connectivity index (χ3n) is 1.74. The van der Waals surface area contributed by atoms with E-state index in [1.807, 2.05) is 0 Å². The molecule has 0 aliphatic carbocycles. The normalized spacial score (nSPS) is 12.5. The van der Waals surface area contributed by atoms with Crippen molar-refractivity contribution in [2.45, 2.75) is 6.04 Å². The molecule has 0 heterocycles. The third-order valence-corrected chi connectivity index (χ3v) is 2.05. The quantitative estimate of drug-likeness (QED) is 0.568. The Kier molecular flexibility index (Phi) is 2.90. The molecule has 0 amide bonds. The maximum atomic E-state index is 13.0. The van der Waals surface area contributed by atoms with E-state index in [-0.39, 0.29) is 10.7 Å². The molecule has 0 spiro atoms. The van der Waals surface area contributed by atoms with E-state index in [2.05, 4.69) is 6.58 Å². The summed E-state index contributed by atoms with van der Waals surface area (Å²) in [5, 5.41) is 0.173. The van der Waals surface area contributed by atoms with Crippen molar-refractivity contribution in [1.29, 1.82) is 0 Å². The molecule has 70 valence electrons. The van der Waals surface area contributed by atoms with Crippen molar-refractivity contribution < 1.29 is 4.39 Å². The molecule has 0 saturated carbocycles. The third kappa shape index (κ3) is 1.99. The molecule has 1 atom stereocenters. The van der Waals surface area contributed by atoms with Gasteiger partial charge in [-0.3, -0.25) is 0 Å². The summed E-state index contributed by atoms with van der Waals surface area (Å²) in [6, 6.07) is 2.37. The summed E-state index contributed by atoms with van der Waals surface area (Å²) >= 11 is 5.67. The van der Waals surface area contributed by atoms with Crippen molar-refractivity contribution in [2.75, 3.05) is 5.73 Å². The molecule has 1 aromatic rings. The number of anilines is 1. The fourth-order valence-corrected chi connectivity index (χ4v) is 1.15. The summed E-state index contributed by atoms with van der Waals surface area (Å²) < 4.78 is 13.0. The van der Waals surface area contributed by atoms with E-state index in [0.29, 0.717) is 5.56 Å². The summed E-state index contributed by atoms with van der Waals surface area (Å²) in [5.74, 6) is -0.556. The average Bonchev–Trinajstić information content (AvgIpc) is 2.12. The Morgan fingerprint density at radius 2 is 2.15 bits per heavy atom. The van der Waals surface area contributed by atoms with Gasteiger partial charge < -0.3 is 11.5 Å². The van der Waals surface area contributed by atoms with Crippen LogP contribution in [0.1, 0.15) is 11.6 Å². The van der Waals surface area contributed by atoms with Gasteiger partial charge >= 0.3 is 0 Å². The summed E-state index contributed by atoms with van der Waals surface area (Å²) in [4.78, 5) is 0. The van der Waals surface area contributed by atoms with Crippen molar-refractivity contribution >= 4 is 17.3 Å². The molecular weight excluding hydrogens is 191 g/mol. The molecule has 1 rings (SSSR count). The molecule has 0 fully saturated rings. The number of halogens is 2. The van der Waals surface area contributed by atoms with Crippen LogP contribution in [0.3, 0.4) is 0 Å². The zero-order valence-electron chi connectivity index (χ0n) is 6.93. The molecule has 4 N–H and O–H groups in total. The summed E-state index contributed by atoms with van der Waals surface area (Å²) in [7, 11) is 0. The smallest absolute Gasteiger partial charge is 0.147 e. The minimum atomic E-state index is -0.556. The van der Waals surface area contributed by atoms with Crippen LogP contribution >= 0.6 is 11.6 Å². The Morgan fingerprint density at radius 3 is 2.62 bits per heavy atom. The number of benzene rings is 1. The summed E-state index contributed by atoms with van der Waals surface area (Å²) in [6.07, 6.45) is 1.50. The van der Waals surface area contributed by atoms with E-state index in [0.717, 1.165) is 0 Å². The lowest BCUT2D eigenvalue weighted by Crippen LogP contribution is -2.07. The Bertz CT molecular complexity index is 315. The van der Waals surface area contributed by atoms with E-state index in [4.69, 9.17) is 23.1 Å². The summed E-state index contributed by atoms with van der Waals surface area (Å²) in [6.45, 7) is 3.50. The minimum Gasteiger partial charge on any atom is -0.395 e. The van der Waals surface area contributed by atoms with Crippen LogP contribution in [-0.4, -0.2) is 0 Å². The first-order valence-corrected chi connectivity index (χ1v) is 4.06. The Balaban J connectivity index is 3.20. The molecule has 0 saturated heterocycles. The fourth-order valence-electron chi connectivity index (χ4n) is 0.932. The van der Waals surface area contributed by atoms with Gasteiger partial charge in [-0.15, -0.1) is 6.58 Å². The number of nitrogens with two attached hydrogens (primary N) is 2. The lowest BCUT2D eigenvalue weighted by molar-refractivity contribution is 0.629. The highest BCUT2D eigenvalue weighted by Crippen LogP contribution is 2.26. The number of rotatable bonds is 2. The SMILES string of the molecule is C=CC(N)c1cc(F)c(N)c(Cl)c1. The first kappa shape index (κ1) is 10.0. The molecule has 2 nitrogen and oxygen atoms in total. The van der Waals surface area contributed by atoms with Crippen molar-refractivity contribution in [2.24, 2.45) is 5.73 Å². The van der Waals surface area contributed by atoms with Gasteiger partial charge in [-0.2, -0.15) is 0 Å². The van der Waals surface area contributed by atoms with Gasteiger partial charge in [0.25, 0.3) is 0 Å². The zero-order chi connectivity index (χ0) is 10.0. The van der Waals surface area contributed by atoms with Crippen LogP contribution < -0.4 is 11.5 Å². The largest absolute Gasteiger partial charge is 0.395 e.